The second-order valence-electron chi connectivity index (χ2n) is 6.83. The standard InChI is InChI=1S/C19H17F3N4O2/c1-11-9-12(13-5-2-3-6-14(13)19(20,21)22)10-26-16(11)23-18(25-26)24-17(27)15-7-4-8-28-15/h2-8,11-12H,9-10H2,1H3,(H,24,25,27). The lowest BCUT2D eigenvalue weighted by molar-refractivity contribution is -0.138. The number of hydrogen-bond acceptors (Lipinski definition) is 4. The van der Waals surface area contributed by atoms with E-state index in [0.717, 1.165) is 6.07 Å². The fraction of sp³-hybridized carbons (Fsp3) is 0.316. The van der Waals surface area contributed by atoms with Gasteiger partial charge in [0.2, 0.25) is 5.95 Å². The number of carbonyl (C=O) groups excluding carboxylic acids is 1. The molecule has 0 fully saturated rings. The lowest BCUT2D eigenvalue weighted by atomic mass is 9.84. The smallest absolute Gasteiger partial charge is 0.416 e. The number of anilines is 1. The highest BCUT2D eigenvalue weighted by atomic mass is 19.4. The average molecular weight is 390 g/mol. The Morgan fingerprint density at radius 2 is 2.04 bits per heavy atom. The first-order chi connectivity index (χ1) is 13.3. The zero-order valence-electron chi connectivity index (χ0n) is 14.9. The summed E-state index contributed by atoms with van der Waals surface area (Å²) >= 11 is 0. The third-order valence-electron chi connectivity index (χ3n) is 4.85. The van der Waals surface area contributed by atoms with Gasteiger partial charge in [-0.25, -0.2) is 4.68 Å². The maximum Gasteiger partial charge on any atom is 0.416 e. The molecule has 2 aromatic heterocycles. The Labute approximate surface area is 158 Å². The van der Waals surface area contributed by atoms with Crippen molar-refractivity contribution in [1.29, 1.82) is 0 Å². The van der Waals surface area contributed by atoms with E-state index >= 15 is 0 Å². The molecule has 2 unspecified atom stereocenters. The number of alkyl halides is 3. The van der Waals surface area contributed by atoms with Crippen molar-refractivity contribution in [2.75, 3.05) is 5.32 Å². The molecule has 1 amide bonds. The fourth-order valence-corrected chi connectivity index (χ4v) is 3.63. The molecule has 4 rings (SSSR count). The highest BCUT2D eigenvalue weighted by Crippen LogP contribution is 2.41. The molecule has 9 heteroatoms. The van der Waals surface area contributed by atoms with E-state index < -0.39 is 17.6 Å². The number of hydrogen-bond donors (Lipinski definition) is 1. The van der Waals surface area contributed by atoms with E-state index in [-0.39, 0.29) is 35.7 Å². The normalized spacial score (nSPS) is 19.3. The van der Waals surface area contributed by atoms with Crippen molar-refractivity contribution in [1.82, 2.24) is 14.8 Å². The first-order valence-corrected chi connectivity index (χ1v) is 8.78. The zero-order chi connectivity index (χ0) is 19.9. The molecular formula is C19H17F3N4O2. The Balaban J connectivity index is 1.60. The van der Waals surface area contributed by atoms with Gasteiger partial charge in [0.05, 0.1) is 11.8 Å². The van der Waals surface area contributed by atoms with Gasteiger partial charge in [-0.3, -0.25) is 10.1 Å². The van der Waals surface area contributed by atoms with Gasteiger partial charge in [-0.2, -0.15) is 18.2 Å². The van der Waals surface area contributed by atoms with E-state index in [1.165, 1.54) is 24.5 Å². The number of halogens is 3. The van der Waals surface area contributed by atoms with E-state index in [9.17, 15) is 18.0 Å². The van der Waals surface area contributed by atoms with Gasteiger partial charge in [0.15, 0.2) is 5.76 Å². The van der Waals surface area contributed by atoms with Crippen LogP contribution in [0.2, 0.25) is 0 Å². The third-order valence-corrected chi connectivity index (χ3v) is 4.85. The van der Waals surface area contributed by atoms with Gasteiger partial charge in [-0.05, 0) is 30.2 Å². The van der Waals surface area contributed by atoms with Crippen LogP contribution < -0.4 is 5.32 Å². The monoisotopic (exact) mass is 390 g/mol. The molecule has 3 heterocycles. The number of rotatable bonds is 3. The van der Waals surface area contributed by atoms with Gasteiger partial charge < -0.3 is 4.42 Å². The maximum absolute atomic E-state index is 13.4. The van der Waals surface area contributed by atoms with Gasteiger partial charge in [0, 0.05) is 18.4 Å². The summed E-state index contributed by atoms with van der Waals surface area (Å²) in [5.41, 5.74) is -0.369. The first kappa shape index (κ1) is 18.3. The Bertz CT molecular complexity index is 995. The van der Waals surface area contributed by atoms with Crippen molar-refractivity contribution in [3.63, 3.8) is 0 Å². The minimum Gasteiger partial charge on any atom is -0.459 e. The topological polar surface area (TPSA) is 73.0 Å². The minimum absolute atomic E-state index is 0.105. The van der Waals surface area contributed by atoms with E-state index in [4.69, 9.17) is 4.42 Å². The number of nitrogens with one attached hydrogen (secondary N) is 1. The average Bonchev–Trinajstić information content (AvgIpc) is 3.30. The SMILES string of the molecule is CC1CC(c2ccccc2C(F)(F)F)Cn2nc(NC(=O)c3ccco3)nc21. The minimum atomic E-state index is -4.41. The first-order valence-electron chi connectivity index (χ1n) is 8.78. The fourth-order valence-electron chi connectivity index (χ4n) is 3.63. The Morgan fingerprint density at radius 3 is 2.75 bits per heavy atom. The van der Waals surface area contributed by atoms with E-state index in [0.29, 0.717) is 12.2 Å². The van der Waals surface area contributed by atoms with E-state index in [1.54, 1.807) is 16.8 Å². The molecule has 3 aromatic rings. The van der Waals surface area contributed by atoms with Crippen LogP contribution in [0.25, 0.3) is 0 Å². The van der Waals surface area contributed by atoms with Crippen LogP contribution >= 0.6 is 0 Å². The highest BCUT2D eigenvalue weighted by molar-refractivity contribution is 6.01. The van der Waals surface area contributed by atoms with Crippen LogP contribution in [0.15, 0.2) is 47.1 Å². The molecule has 28 heavy (non-hydrogen) atoms. The van der Waals surface area contributed by atoms with Crippen LogP contribution in [-0.2, 0) is 12.7 Å². The number of fused-ring (bicyclic) bond motifs is 1. The molecule has 1 N–H and O–H groups in total. The molecule has 0 spiro atoms. The van der Waals surface area contributed by atoms with Crippen molar-refractivity contribution in [3.05, 3.63) is 65.4 Å². The molecule has 6 nitrogen and oxygen atoms in total. The quantitative estimate of drug-likeness (QED) is 0.718. The number of furan rings is 1. The van der Waals surface area contributed by atoms with Crippen molar-refractivity contribution in [2.24, 2.45) is 0 Å². The molecular weight excluding hydrogens is 373 g/mol. The summed E-state index contributed by atoms with van der Waals surface area (Å²) in [4.78, 5) is 16.4. The predicted octanol–water partition coefficient (Wildman–Crippen LogP) is 4.43. The number of benzene rings is 1. The van der Waals surface area contributed by atoms with Crippen molar-refractivity contribution in [3.8, 4) is 0 Å². The molecule has 146 valence electrons. The lowest BCUT2D eigenvalue weighted by Crippen LogP contribution is -2.24. The molecule has 1 aliphatic heterocycles. The summed E-state index contributed by atoms with van der Waals surface area (Å²) in [6.45, 7) is 2.15. The van der Waals surface area contributed by atoms with Gasteiger partial charge in [-0.1, -0.05) is 25.1 Å². The Kier molecular flexibility index (Phi) is 4.44. The summed E-state index contributed by atoms with van der Waals surface area (Å²) < 4.78 is 46.8. The van der Waals surface area contributed by atoms with Crippen LogP contribution in [-0.4, -0.2) is 20.7 Å². The molecule has 0 aliphatic carbocycles. The summed E-state index contributed by atoms with van der Waals surface area (Å²) in [5.74, 6) is -0.0849. The van der Waals surface area contributed by atoms with Gasteiger partial charge in [0.1, 0.15) is 5.82 Å². The van der Waals surface area contributed by atoms with Gasteiger partial charge >= 0.3 is 6.18 Å². The van der Waals surface area contributed by atoms with E-state index in [1.807, 2.05) is 6.92 Å². The summed E-state index contributed by atoms with van der Waals surface area (Å²) in [7, 11) is 0. The van der Waals surface area contributed by atoms with Crippen molar-refractivity contribution >= 4 is 11.9 Å². The lowest BCUT2D eigenvalue weighted by Gasteiger charge is -2.29. The van der Waals surface area contributed by atoms with Crippen LogP contribution in [0, 0.1) is 0 Å². The van der Waals surface area contributed by atoms with Crippen molar-refractivity contribution < 1.29 is 22.4 Å². The Hall–Kier alpha value is -3.10. The molecule has 0 saturated carbocycles. The maximum atomic E-state index is 13.4. The second kappa shape index (κ2) is 6.81. The number of nitrogens with zero attached hydrogens (tertiary/aromatic N) is 3. The van der Waals surface area contributed by atoms with Crippen molar-refractivity contribution in [2.45, 2.75) is 37.9 Å². The zero-order valence-corrected chi connectivity index (χ0v) is 14.9. The van der Waals surface area contributed by atoms with Crippen LogP contribution in [0.4, 0.5) is 19.1 Å². The molecule has 2 atom stereocenters. The van der Waals surface area contributed by atoms with Gasteiger partial charge in [-0.15, -0.1) is 5.10 Å². The molecule has 0 bridgehead atoms. The molecule has 0 saturated heterocycles. The van der Waals surface area contributed by atoms with Crippen LogP contribution in [0.5, 0.6) is 0 Å². The molecule has 1 aliphatic rings. The Morgan fingerprint density at radius 1 is 1.25 bits per heavy atom. The highest BCUT2D eigenvalue weighted by Gasteiger charge is 2.37. The number of amides is 1. The van der Waals surface area contributed by atoms with Crippen LogP contribution in [0.1, 0.15) is 52.7 Å². The summed E-state index contributed by atoms with van der Waals surface area (Å²) in [6, 6.07) is 8.72. The molecule has 1 aromatic carbocycles. The summed E-state index contributed by atoms with van der Waals surface area (Å²) in [6.07, 6.45) is -2.52. The summed E-state index contributed by atoms with van der Waals surface area (Å²) in [5, 5.41) is 6.83. The largest absolute Gasteiger partial charge is 0.459 e. The van der Waals surface area contributed by atoms with Gasteiger partial charge in [0.25, 0.3) is 5.91 Å². The second-order valence-corrected chi connectivity index (χ2v) is 6.83. The molecule has 0 radical (unpaired) electrons. The number of carbonyl (C=O) groups is 1. The third kappa shape index (κ3) is 3.39. The predicted molar refractivity (Wildman–Crippen MR) is 93.9 cm³/mol. The van der Waals surface area contributed by atoms with Crippen LogP contribution in [0.3, 0.4) is 0 Å². The van der Waals surface area contributed by atoms with E-state index in [2.05, 4.69) is 15.4 Å². The number of aromatic nitrogens is 3.